The first-order valence-corrected chi connectivity index (χ1v) is 7.03. The molecule has 0 saturated carbocycles. The summed E-state index contributed by atoms with van der Waals surface area (Å²) in [4.78, 5) is 2.51. The van der Waals surface area contributed by atoms with Crippen molar-refractivity contribution in [2.24, 2.45) is 0 Å². The Morgan fingerprint density at radius 1 is 1.28 bits per heavy atom. The van der Waals surface area contributed by atoms with Gasteiger partial charge in [-0.05, 0) is 38.4 Å². The summed E-state index contributed by atoms with van der Waals surface area (Å²) in [7, 11) is 0. The van der Waals surface area contributed by atoms with Crippen LogP contribution in [0.15, 0.2) is 24.3 Å². The zero-order valence-corrected chi connectivity index (χ0v) is 11.5. The summed E-state index contributed by atoms with van der Waals surface area (Å²) in [6, 6.07) is 8.87. The Kier molecular flexibility index (Phi) is 4.88. The van der Waals surface area contributed by atoms with Gasteiger partial charge in [0.05, 0.1) is 6.61 Å². The van der Waals surface area contributed by atoms with Gasteiger partial charge in [-0.25, -0.2) is 0 Å². The molecule has 0 bridgehead atoms. The molecule has 0 radical (unpaired) electrons. The monoisotopic (exact) mass is 248 g/mol. The van der Waals surface area contributed by atoms with Gasteiger partial charge in [-0.3, -0.25) is 0 Å². The number of hydrogen-bond donors (Lipinski definition) is 1. The highest BCUT2D eigenvalue weighted by Crippen LogP contribution is 2.21. The molecule has 1 heterocycles. The molecule has 0 amide bonds. The smallest absolute Gasteiger partial charge is 0.121 e. The molecule has 1 aromatic rings. The minimum absolute atomic E-state index is 0.602. The van der Waals surface area contributed by atoms with Gasteiger partial charge >= 0.3 is 0 Å². The van der Waals surface area contributed by atoms with Gasteiger partial charge in [0.15, 0.2) is 0 Å². The summed E-state index contributed by atoms with van der Waals surface area (Å²) >= 11 is 0. The number of nitrogens with one attached hydrogen (secondary N) is 1. The molecule has 3 nitrogen and oxygen atoms in total. The highest BCUT2D eigenvalue weighted by atomic mass is 16.5. The van der Waals surface area contributed by atoms with E-state index in [1.807, 2.05) is 13.0 Å². The van der Waals surface area contributed by atoms with Crippen molar-refractivity contribution in [3.8, 4) is 5.75 Å². The summed E-state index contributed by atoms with van der Waals surface area (Å²) < 4.78 is 5.52. The highest BCUT2D eigenvalue weighted by Gasteiger charge is 2.17. The van der Waals surface area contributed by atoms with Crippen LogP contribution in [0, 0.1) is 0 Å². The van der Waals surface area contributed by atoms with E-state index in [0.717, 1.165) is 12.4 Å². The summed E-state index contributed by atoms with van der Waals surface area (Å²) in [6.45, 7) is 8.56. The fourth-order valence-corrected chi connectivity index (χ4v) is 2.47. The Labute approximate surface area is 110 Å². The lowest BCUT2D eigenvalue weighted by molar-refractivity contribution is 0.229. The van der Waals surface area contributed by atoms with Gasteiger partial charge in [-0.1, -0.05) is 13.0 Å². The maximum absolute atomic E-state index is 5.52. The molecule has 3 heteroatoms. The molecule has 1 aromatic carbocycles. The maximum Gasteiger partial charge on any atom is 0.121 e. The van der Waals surface area contributed by atoms with Crippen LogP contribution in [0.2, 0.25) is 0 Å². The number of ether oxygens (including phenoxy) is 1. The topological polar surface area (TPSA) is 24.5 Å². The summed E-state index contributed by atoms with van der Waals surface area (Å²) in [5.74, 6) is 0.952. The lowest BCUT2D eigenvalue weighted by Gasteiger charge is -2.32. The Balaban J connectivity index is 1.87. The molecular weight excluding hydrogens is 224 g/mol. The average Bonchev–Trinajstić information content (AvgIpc) is 2.40. The number of anilines is 1. The van der Waals surface area contributed by atoms with Crippen LogP contribution in [0.25, 0.3) is 0 Å². The molecule has 18 heavy (non-hydrogen) atoms. The van der Waals surface area contributed by atoms with E-state index in [9.17, 15) is 0 Å². The molecule has 1 aliphatic heterocycles. The third-order valence-electron chi connectivity index (χ3n) is 3.55. The first-order chi connectivity index (χ1) is 8.81. The van der Waals surface area contributed by atoms with Gasteiger partial charge in [0, 0.05) is 30.9 Å². The lowest BCUT2D eigenvalue weighted by Crippen LogP contribution is -2.38. The van der Waals surface area contributed by atoms with Crippen molar-refractivity contribution in [1.82, 2.24) is 4.90 Å². The molecule has 2 rings (SSSR count). The number of nitrogens with zero attached hydrogens (tertiary/aromatic N) is 1. The zero-order chi connectivity index (χ0) is 12.8. The highest BCUT2D eigenvalue weighted by molar-refractivity contribution is 5.48. The third kappa shape index (κ3) is 3.64. The second kappa shape index (κ2) is 6.64. The summed E-state index contributed by atoms with van der Waals surface area (Å²) in [6.07, 6.45) is 2.46. The Hall–Kier alpha value is -1.22. The number of hydrogen-bond acceptors (Lipinski definition) is 3. The summed E-state index contributed by atoms with van der Waals surface area (Å²) in [5, 5.41) is 3.62. The van der Waals surface area contributed by atoms with E-state index in [1.54, 1.807) is 0 Å². The molecule has 0 aliphatic carbocycles. The average molecular weight is 248 g/mol. The first-order valence-electron chi connectivity index (χ1n) is 7.03. The zero-order valence-electron chi connectivity index (χ0n) is 11.5. The van der Waals surface area contributed by atoms with Gasteiger partial charge < -0.3 is 15.0 Å². The normalized spacial score (nSPS) is 17.7. The second-order valence-electron chi connectivity index (χ2n) is 4.81. The van der Waals surface area contributed by atoms with E-state index in [4.69, 9.17) is 4.74 Å². The largest absolute Gasteiger partial charge is 0.494 e. The quantitative estimate of drug-likeness (QED) is 0.867. The Bertz CT molecular complexity index is 359. The number of benzene rings is 1. The van der Waals surface area contributed by atoms with Crippen LogP contribution in [-0.2, 0) is 0 Å². The fourth-order valence-electron chi connectivity index (χ4n) is 2.47. The number of piperidine rings is 1. The van der Waals surface area contributed by atoms with Crippen molar-refractivity contribution >= 4 is 5.69 Å². The van der Waals surface area contributed by atoms with E-state index in [1.165, 1.54) is 38.2 Å². The van der Waals surface area contributed by atoms with Crippen molar-refractivity contribution in [1.29, 1.82) is 0 Å². The van der Waals surface area contributed by atoms with Crippen molar-refractivity contribution in [3.63, 3.8) is 0 Å². The van der Waals surface area contributed by atoms with E-state index in [-0.39, 0.29) is 0 Å². The molecule has 1 saturated heterocycles. The van der Waals surface area contributed by atoms with E-state index >= 15 is 0 Å². The van der Waals surface area contributed by atoms with E-state index < -0.39 is 0 Å². The van der Waals surface area contributed by atoms with E-state index in [0.29, 0.717) is 6.04 Å². The van der Waals surface area contributed by atoms with Gasteiger partial charge in [0.1, 0.15) is 5.75 Å². The molecule has 100 valence electrons. The van der Waals surface area contributed by atoms with Crippen LogP contribution in [0.4, 0.5) is 5.69 Å². The first kappa shape index (κ1) is 13.2. The minimum atomic E-state index is 0.602. The second-order valence-corrected chi connectivity index (χ2v) is 4.81. The van der Waals surface area contributed by atoms with Crippen LogP contribution in [-0.4, -0.2) is 37.2 Å². The standard InChI is InChI=1S/C15H24N2O/c1-3-17-10-8-13(9-11-17)16-14-6-5-7-15(12-14)18-4-2/h5-7,12-13,16H,3-4,8-11H2,1-2H3. The number of rotatable bonds is 5. The van der Waals surface area contributed by atoms with Crippen molar-refractivity contribution in [2.45, 2.75) is 32.7 Å². The molecule has 0 unspecified atom stereocenters. The molecule has 1 N–H and O–H groups in total. The van der Waals surface area contributed by atoms with Crippen molar-refractivity contribution in [2.75, 3.05) is 31.6 Å². The molecule has 0 atom stereocenters. The van der Waals surface area contributed by atoms with Crippen molar-refractivity contribution < 1.29 is 4.74 Å². The van der Waals surface area contributed by atoms with E-state index in [2.05, 4.69) is 35.3 Å². The molecule has 1 fully saturated rings. The summed E-state index contributed by atoms with van der Waals surface area (Å²) in [5.41, 5.74) is 1.18. The van der Waals surface area contributed by atoms with Gasteiger partial charge in [0.2, 0.25) is 0 Å². The Morgan fingerprint density at radius 2 is 2.06 bits per heavy atom. The maximum atomic E-state index is 5.52. The van der Waals surface area contributed by atoms with Crippen molar-refractivity contribution in [3.05, 3.63) is 24.3 Å². The van der Waals surface area contributed by atoms with Gasteiger partial charge in [0.25, 0.3) is 0 Å². The Morgan fingerprint density at radius 3 is 2.72 bits per heavy atom. The lowest BCUT2D eigenvalue weighted by atomic mass is 10.0. The minimum Gasteiger partial charge on any atom is -0.494 e. The van der Waals surface area contributed by atoms with Crippen LogP contribution in [0.1, 0.15) is 26.7 Å². The van der Waals surface area contributed by atoms with Crippen LogP contribution in [0.3, 0.4) is 0 Å². The predicted octanol–water partition coefficient (Wildman–Crippen LogP) is 2.98. The molecule has 1 aliphatic rings. The van der Waals surface area contributed by atoms with Gasteiger partial charge in [-0.2, -0.15) is 0 Å². The number of likely N-dealkylation sites (tertiary alicyclic amines) is 1. The van der Waals surface area contributed by atoms with Crippen LogP contribution < -0.4 is 10.1 Å². The predicted molar refractivity (Wildman–Crippen MR) is 76.4 cm³/mol. The third-order valence-corrected chi connectivity index (χ3v) is 3.55. The van der Waals surface area contributed by atoms with Crippen LogP contribution in [0.5, 0.6) is 5.75 Å². The molecule has 0 aromatic heterocycles. The fraction of sp³-hybridized carbons (Fsp3) is 0.600. The van der Waals surface area contributed by atoms with Gasteiger partial charge in [-0.15, -0.1) is 0 Å². The SMILES string of the molecule is CCOc1cccc(NC2CCN(CC)CC2)c1. The molecule has 0 spiro atoms. The molecular formula is C15H24N2O. The van der Waals surface area contributed by atoms with Crippen LogP contribution >= 0.6 is 0 Å².